The van der Waals surface area contributed by atoms with Gasteiger partial charge in [-0.15, -0.1) is 0 Å². The molecular formula is C19H14N2O. The van der Waals surface area contributed by atoms with E-state index in [1.807, 2.05) is 48.5 Å². The zero-order valence-corrected chi connectivity index (χ0v) is 11.9. The van der Waals surface area contributed by atoms with Crippen LogP contribution in [0.25, 0.3) is 11.0 Å². The Balaban J connectivity index is 1.70. The number of fused-ring (bicyclic) bond motifs is 1. The fourth-order valence-electron chi connectivity index (χ4n) is 3.04. The second-order valence-corrected chi connectivity index (χ2v) is 5.52. The zero-order chi connectivity index (χ0) is 14.9. The van der Waals surface area contributed by atoms with Gasteiger partial charge >= 0.3 is 0 Å². The van der Waals surface area contributed by atoms with Crippen LogP contribution in [0, 0.1) is 11.3 Å². The summed E-state index contributed by atoms with van der Waals surface area (Å²) >= 11 is 0. The quantitative estimate of drug-likeness (QED) is 0.705. The van der Waals surface area contributed by atoms with E-state index < -0.39 is 0 Å². The van der Waals surface area contributed by atoms with Crippen LogP contribution < -0.4 is 0 Å². The molecule has 0 unspecified atom stereocenters. The van der Waals surface area contributed by atoms with Crippen molar-refractivity contribution in [2.75, 3.05) is 0 Å². The molecule has 0 saturated heterocycles. The number of furan rings is 1. The van der Waals surface area contributed by atoms with Crippen LogP contribution >= 0.6 is 0 Å². The van der Waals surface area contributed by atoms with E-state index >= 15 is 0 Å². The Hall–Kier alpha value is -2.86. The summed E-state index contributed by atoms with van der Waals surface area (Å²) in [4.78, 5) is 4.59. The van der Waals surface area contributed by atoms with Crippen molar-refractivity contribution in [3.05, 3.63) is 72.0 Å². The Morgan fingerprint density at radius 2 is 1.82 bits per heavy atom. The maximum absolute atomic E-state index is 9.41. The fourth-order valence-corrected chi connectivity index (χ4v) is 3.04. The topological polar surface area (TPSA) is 49.3 Å². The van der Waals surface area contributed by atoms with Gasteiger partial charge in [-0.3, -0.25) is 4.99 Å². The summed E-state index contributed by atoms with van der Waals surface area (Å²) in [6.07, 6.45) is 0.738. The third-order valence-electron chi connectivity index (χ3n) is 4.16. The number of nitriles is 1. The first-order valence-corrected chi connectivity index (χ1v) is 7.35. The van der Waals surface area contributed by atoms with Crippen LogP contribution in [0.2, 0.25) is 0 Å². The Morgan fingerprint density at radius 3 is 2.59 bits per heavy atom. The molecular weight excluding hydrogens is 272 g/mol. The molecule has 0 spiro atoms. The molecule has 1 aliphatic heterocycles. The second kappa shape index (κ2) is 5.16. The molecule has 0 saturated carbocycles. The fraction of sp³-hybridized carbons (Fsp3) is 0.158. The summed E-state index contributed by atoms with van der Waals surface area (Å²) in [5.74, 6) is 0.884. The first kappa shape index (κ1) is 12.8. The monoisotopic (exact) mass is 286 g/mol. The van der Waals surface area contributed by atoms with Crippen molar-refractivity contribution in [2.24, 2.45) is 4.99 Å². The van der Waals surface area contributed by atoms with Gasteiger partial charge in [-0.2, -0.15) is 5.26 Å². The number of hydrogen-bond acceptors (Lipinski definition) is 3. The second-order valence-electron chi connectivity index (χ2n) is 5.52. The van der Waals surface area contributed by atoms with Gasteiger partial charge in [-0.25, -0.2) is 0 Å². The van der Waals surface area contributed by atoms with Crippen molar-refractivity contribution in [2.45, 2.75) is 18.4 Å². The van der Waals surface area contributed by atoms with E-state index in [-0.39, 0.29) is 12.0 Å². The molecule has 0 amide bonds. The number of aliphatic imine (C=N–C) groups is 1. The van der Waals surface area contributed by atoms with Gasteiger partial charge in [0.1, 0.15) is 17.4 Å². The van der Waals surface area contributed by atoms with Gasteiger partial charge < -0.3 is 4.42 Å². The van der Waals surface area contributed by atoms with Crippen LogP contribution in [-0.2, 0) is 0 Å². The maximum Gasteiger partial charge on any atom is 0.149 e. The average Bonchev–Trinajstić information content (AvgIpc) is 3.19. The lowest BCUT2D eigenvalue weighted by atomic mass is 9.90. The van der Waals surface area contributed by atoms with Gasteiger partial charge in [0.15, 0.2) is 0 Å². The van der Waals surface area contributed by atoms with E-state index in [9.17, 15) is 5.26 Å². The number of hydrogen-bond donors (Lipinski definition) is 0. The molecule has 106 valence electrons. The van der Waals surface area contributed by atoms with Crippen molar-refractivity contribution in [3.8, 4) is 6.07 Å². The van der Waals surface area contributed by atoms with E-state index in [0.29, 0.717) is 0 Å². The molecule has 22 heavy (non-hydrogen) atoms. The Morgan fingerprint density at radius 1 is 1.05 bits per heavy atom. The molecule has 1 aliphatic rings. The minimum Gasteiger partial charge on any atom is -0.455 e. The number of para-hydroxylation sites is 1. The van der Waals surface area contributed by atoms with Crippen LogP contribution in [0.3, 0.4) is 0 Å². The normalized spacial score (nSPS) is 20.8. The van der Waals surface area contributed by atoms with E-state index in [4.69, 9.17) is 4.42 Å². The SMILES string of the molecule is N#C[C@@H]1N=C(c2cc3ccccc3o2)C[C@H]1c1ccccc1. The summed E-state index contributed by atoms with van der Waals surface area (Å²) < 4.78 is 5.89. The van der Waals surface area contributed by atoms with Crippen LogP contribution in [0.15, 0.2) is 70.1 Å². The molecule has 1 aromatic heterocycles. The number of benzene rings is 2. The summed E-state index contributed by atoms with van der Waals surface area (Å²) in [6.45, 7) is 0. The highest BCUT2D eigenvalue weighted by molar-refractivity contribution is 6.03. The van der Waals surface area contributed by atoms with E-state index in [0.717, 1.165) is 34.4 Å². The molecule has 3 heteroatoms. The lowest BCUT2D eigenvalue weighted by Crippen LogP contribution is -2.09. The lowest BCUT2D eigenvalue weighted by Gasteiger charge is -2.11. The van der Waals surface area contributed by atoms with Gasteiger partial charge in [0, 0.05) is 17.7 Å². The molecule has 0 bridgehead atoms. The summed E-state index contributed by atoms with van der Waals surface area (Å²) in [7, 11) is 0. The van der Waals surface area contributed by atoms with Gasteiger partial charge in [0.2, 0.25) is 0 Å². The highest BCUT2D eigenvalue weighted by Crippen LogP contribution is 2.34. The van der Waals surface area contributed by atoms with Crippen molar-refractivity contribution < 1.29 is 4.42 Å². The van der Waals surface area contributed by atoms with E-state index in [1.54, 1.807) is 0 Å². The van der Waals surface area contributed by atoms with Crippen molar-refractivity contribution >= 4 is 16.7 Å². The van der Waals surface area contributed by atoms with Gasteiger partial charge in [0.05, 0.1) is 11.8 Å². The zero-order valence-electron chi connectivity index (χ0n) is 11.9. The molecule has 3 nitrogen and oxygen atoms in total. The van der Waals surface area contributed by atoms with Crippen LogP contribution in [-0.4, -0.2) is 11.8 Å². The van der Waals surface area contributed by atoms with Crippen molar-refractivity contribution in [1.29, 1.82) is 5.26 Å². The molecule has 0 radical (unpaired) electrons. The molecule has 4 rings (SSSR count). The molecule has 0 aliphatic carbocycles. The predicted molar refractivity (Wildman–Crippen MR) is 86.0 cm³/mol. The van der Waals surface area contributed by atoms with Crippen LogP contribution in [0.5, 0.6) is 0 Å². The van der Waals surface area contributed by atoms with Crippen LogP contribution in [0.4, 0.5) is 0 Å². The van der Waals surface area contributed by atoms with Crippen molar-refractivity contribution in [1.82, 2.24) is 0 Å². The first-order valence-electron chi connectivity index (χ1n) is 7.35. The molecule has 2 heterocycles. The highest BCUT2D eigenvalue weighted by atomic mass is 16.3. The van der Waals surface area contributed by atoms with Gasteiger partial charge in [0.25, 0.3) is 0 Å². The lowest BCUT2D eigenvalue weighted by molar-refractivity contribution is 0.602. The Kier molecular flexibility index (Phi) is 3.01. The standard InChI is InChI=1S/C19H14N2O/c20-12-17-15(13-6-2-1-3-7-13)11-16(21-17)19-10-14-8-4-5-9-18(14)22-19/h1-10,15,17H,11H2/t15-,17-/m0/s1. The predicted octanol–water partition coefficient (Wildman–Crippen LogP) is 4.30. The molecule has 0 fully saturated rings. The van der Waals surface area contributed by atoms with E-state index in [2.05, 4.69) is 23.2 Å². The molecule has 2 atom stereocenters. The highest BCUT2D eigenvalue weighted by Gasteiger charge is 2.32. The summed E-state index contributed by atoms with van der Waals surface area (Å²) in [6, 6.07) is 22.0. The minimum absolute atomic E-state index is 0.106. The molecule has 0 N–H and O–H groups in total. The van der Waals surface area contributed by atoms with Gasteiger partial charge in [-0.1, -0.05) is 48.5 Å². The third kappa shape index (κ3) is 2.10. The largest absolute Gasteiger partial charge is 0.455 e. The first-order chi connectivity index (χ1) is 10.8. The summed E-state index contributed by atoms with van der Waals surface area (Å²) in [5, 5.41) is 10.5. The Bertz CT molecular complexity index is 853. The summed E-state index contributed by atoms with van der Waals surface area (Å²) in [5.41, 5.74) is 2.90. The van der Waals surface area contributed by atoms with Crippen LogP contribution in [0.1, 0.15) is 23.7 Å². The third-order valence-corrected chi connectivity index (χ3v) is 4.16. The smallest absolute Gasteiger partial charge is 0.149 e. The maximum atomic E-state index is 9.41. The Labute approximate surface area is 128 Å². The number of nitrogens with zero attached hydrogens (tertiary/aromatic N) is 2. The number of rotatable bonds is 2. The average molecular weight is 286 g/mol. The molecule has 3 aromatic rings. The van der Waals surface area contributed by atoms with Crippen molar-refractivity contribution in [3.63, 3.8) is 0 Å². The minimum atomic E-state index is -0.342. The molecule has 2 aromatic carbocycles. The van der Waals surface area contributed by atoms with Gasteiger partial charge in [-0.05, 0) is 17.7 Å². The van der Waals surface area contributed by atoms with E-state index in [1.165, 1.54) is 0 Å².